The number of hydrogen-bond acceptors (Lipinski definition) is 3. The molecule has 26 heavy (non-hydrogen) atoms. The molecular formula is C20H27N5O. The predicted molar refractivity (Wildman–Crippen MR) is 99.8 cm³/mol. The van der Waals surface area contributed by atoms with Crippen LogP contribution in [-0.4, -0.2) is 38.1 Å². The van der Waals surface area contributed by atoms with Gasteiger partial charge in [-0.2, -0.15) is 0 Å². The van der Waals surface area contributed by atoms with Crippen molar-refractivity contribution in [1.82, 2.24) is 24.8 Å². The van der Waals surface area contributed by atoms with Crippen LogP contribution in [0.1, 0.15) is 61.6 Å². The first-order chi connectivity index (χ1) is 12.7. The summed E-state index contributed by atoms with van der Waals surface area (Å²) in [7, 11) is 0. The van der Waals surface area contributed by atoms with Crippen molar-refractivity contribution in [3.8, 4) is 0 Å². The molecule has 2 fully saturated rings. The van der Waals surface area contributed by atoms with E-state index in [1.807, 2.05) is 35.6 Å². The van der Waals surface area contributed by atoms with Gasteiger partial charge in [-0.25, -0.2) is 9.78 Å². The molecule has 1 saturated heterocycles. The Kier molecular flexibility index (Phi) is 4.91. The van der Waals surface area contributed by atoms with Crippen molar-refractivity contribution in [3.05, 3.63) is 47.8 Å². The molecular weight excluding hydrogens is 326 g/mol. The number of imidazole rings is 1. The third kappa shape index (κ3) is 3.45. The van der Waals surface area contributed by atoms with Gasteiger partial charge in [0.25, 0.3) is 0 Å². The van der Waals surface area contributed by atoms with Gasteiger partial charge in [0.15, 0.2) is 0 Å². The van der Waals surface area contributed by atoms with Crippen LogP contribution in [0.3, 0.4) is 0 Å². The molecule has 3 heterocycles. The Hall–Kier alpha value is -2.37. The van der Waals surface area contributed by atoms with Crippen molar-refractivity contribution < 1.29 is 4.79 Å². The minimum Gasteiger partial charge on any atom is -0.335 e. The highest BCUT2D eigenvalue weighted by Gasteiger charge is 2.34. The van der Waals surface area contributed by atoms with E-state index in [0.29, 0.717) is 6.04 Å². The summed E-state index contributed by atoms with van der Waals surface area (Å²) in [6, 6.07) is 4.55. The Morgan fingerprint density at radius 1 is 1.19 bits per heavy atom. The molecule has 1 unspecified atom stereocenters. The molecule has 1 aliphatic heterocycles. The van der Waals surface area contributed by atoms with Crippen molar-refractivity contribution >= 4 is 6.03 Å². The Bertz CT molecular complexity index is 751. The molecule has 0 aromatic carbocycles. The molecule has 1 saturated carbocycles. The number of aryl methyl sites for hydroxylation is 1. The zero-order valence-corrected chi connectivity index (χ0v) is 15.4. The average molecular weight is 353 g/mol. The first-order valence-corrected chi connectivity index (χ1v) is 9.70. The number of rotatable bonds is 4. The summed E-state index contributed by atoms with van der Waals surface area (Å²) in [4.78, 5) is 23.6. The molecule has 2 amide bonds. The fourth-order valence-corrected chi connectivity index (χ4v) is 4.23. The number of nitrogens with one attached hydrogen (secondary N) is 1. The summed E-state index contributed by atoms with van der Waals surface area (Å²) in [5, 5.41) is 3.24. The number of hydrogen-bond donors (Lipinski definition) is 1. The number of carbonyl (C=O) groups excluding carboxylic acids is 1. The Labute approximate surface area is 154 Å². The van der Waals surface area contributed by atoms with Gasteiger partial charge in [0, 0.05) is 43.4 Å². The number of pyridine rings is 1. The molecule has 1 atom stereocenters. The summed E-state index contributed by atoms with van der Waals surface area (Å²) in [5.74, 6) is 0.999. The van der Waals surface area contributed by atoms with Gasteiger partial charge in [-0.3, -0.25) is 4.98 Å². The van der Waals surface area contributed by atoms with Crippen molar-refractivity contribution in [2.45, 2.75) is 64.1 Å². The Morgan fingerprint density at radius 3 is 2.73 bits per heavy atom. The summed E-state index contributed by atoms with van der Waals surface area (Å²) >= 11 is 0. The van der Waals surface area contributed by atoms with Crippen molar-refractivity contribution in [2.24, 2.45) is 0 Å². The molecule has 1 aliphatic carbocycles. The summed E-state index contributed by atoms with van der Waals surface area (Å²) < 4.78 is 2.24. The van der Waals surface area contributed by atoms with Crippen LogP contribution in [0.2, 0.25) is 0 Å². The molecule has 1 N–H and O–H groups in total. The lowest BCUT2D eigenvalue weighted by Gasteiger charge is -2.27. The highest BCUT2D eigenvalue weighted by atomic mass is 16.2. The van der Waals surface area contributed by atoms with Crippen LogP contribution in [0.25, 0.3) is 0 Å². The smallest absolute Gasteiger partial charge is 0.318 e. The van der Waals surface area contributed by atoms with Gasteiger partial charge in [-0.05, 0) is 50.3 Å². The second-order valence-corrected chi connectivity index (χ2v) is 7.48. The lowest BCUT2D eigenvalue weighted by molar-refractivity contribution is 0.186. The highest BCUT2D eigenvalue weighted by molar-refractivity contribution is 5.75. The van der Waals surface area contributed by atoms with Gasteiger partial charge in [0.2, 0.25) is 0 Å². The number of nitrogens with zero attached hydrogens (tertiary/aromatic N) is 4. The first kappa shape index (κ1) is 17.1. The van der Waals surface area contributed by atoms with E-state index in [2.05, 4.69) is 26.8 Å². The van der Waals surface area contributed by atoms with Crippen LogP contribution in [0.4, 0.5) is 4.79 Å². The monoisotopic (exact) mass is 353 g/mol. The van der Waals surface area contributed by atoms with E-state index in [1.165, 1.54) is 18.4 Å². The van der Waals surface area contributed by atoms with E-state index < -0.39 is 0 Å². The molecule has 0 spiro atoms. The molecule has 6 heteroatoms. The van der Waals surface area contributed by atoms with Crippen LogP contribution < -0.4 is 5.32 Å². The Morgan fingerprint density at radius 2 is 1.96 bits per heavy atom. The van der Waals surface area contributed by atoms with Crippen LogP contribution in [0.5, 0.6) is 0 Å². The lowest BCUT2D eigenvalue weighted by Crippen LogP contribution is -2.44. The van der Waals surface area contributed by atoms with Gasteiger partial charge in [-0.15, -0.1) is 0 Å². The molecule has 2 aromatic rings. The van der Waals surface area contributed by atoms with Crippen LogP contribution in [0.15, 0.2) is 30.7 Å². The standard InChI is InChI=1S/C20H27N5O/c1-15-13-22-19(25(15)14-16-8-10-21-11-9-16)18-7-4-12-24(18)20(26)23-17-5-2-3-6-17/h8-11,13,17-18H,2-7,12,14H2,1H3,(H,23,26). The van der Waals surface area contributed by atoms with Crippen LogP contribution in [-0.2, 0) is 6.54 Å². The molecule has 0 radical (unpaired) electrons. The van der Waals surface area contributed by atoms with Crippen LogP contribution in [0, 0.1) is 6.92 Å². The van der Waals surface area contributed by atoms with E-state index in [0.717, 1.165) is 50.3 Å². The molecule has 0 bridgehead atoms. The van der Waals surface area contributed by atoms with E-state index >= 15 is 0 Å². The second kappa shape index (κ2) is 7.48. The number of carbonyl (C=O) groups is 1. The van der Waals surface area contributed by atoms with E-state index in [9.17, 15) is 4.79 Å². The quantitative estimate of drug-likeness (QED) is 0.916. The van der Waals surface area contributed by atoms with E-state index in [-0.39, 0.29) is 12.1 Å². The van der Waals surface area contributed by atoms with Gasteiger partial charge in [0.05, 0.1) is 6.04 Å². The molecule has 6 nitrogen and oxygen atoms in total. The summed E-state index contributed by atoms with van der Waals surface area (Å²) in [6.45, 7) is 3.65. The topological polar surface area (TPSA) is 63.1 Å². The average Bonchev–Trinajstić information content (AvgIpc) is 3.38. The van der Waals surface area contributed by atoms with Crippen molar-refractivity contribution in [2.75, 3.05) is 6.54 Å². The Balaban J connectivity index is 1.53. The number of amides is 2. The summed E-state index contributed by atoms with van der Waals surface area (Å²) in [6.07, 6.45) is 12.2. The summed E-state index contributed by atoms with van der Waals surface area (Å²) in [5.41, 5.74) is 2.32. The molecule has 4 rings (SSSR count). The SMILES string of the molecule is Cc1cnc(C2CCCN2C(=O)NC2CCCC2)n1Cc1ccncc1. The van der Waals surface area contributed by atoms with Gasteiger partial charge in [0.1, 0.15) is 5.82 Å². The van der Waals surface area contributed by atoms with Crippen molar-refractivity contribution in [1.29, 1.82) is 0 Å². The fourth-order valence-electron chi connectivity index (χ4n) is 4.23. The number of aromatic nitrogens is 3. The molecule has 138 valence electrons. The second-order valence-electron chi connectivity index (χ2n) is 7.48. The fraction of sp³-hybridized carbons (Fsp3) is 0.550. The maximum absolute atomic E-state index is 12.8. The zero-order valence-electron chi connectivity index (χ0n) is 15.4. The first-order valence-electron chi connectivity index (χ1n) is 9.70. The third-order valence-corrected chi connectivity index (χ3v) is 5.67. The van der Waals surface area contributed by atoms with E-state index in [4.69, 9.17) is 0 Å². The largest absolute Gasteiger partial charge is 0.335 e. The number of urea groups is 1. The van der Waals surface area contributed by atoms with Gasteiger partial charge >= 0.3 is 6.03 Å². The maximum atomic E-state index is 12.8. The van der Waals surface area contributed by atoms with Crippen molar-refractivity contribution in [3.63, 3.8) is 0 Å². The minimum absolute atomic E-state index is 0.0620. The zero-order chi connectivity index (χ0) is 17.9. The minimum atomic E-state index is 0.0620. The normalized spacial score (nSPS) is 20.7. The van der Waals surface area contributed by atoms with Crippen LogP contribution >= 0.6 is 0 Å². The lowest BCUT2D eigenvalue weighted by atomic mass is 10.2. The molecule has 2 aromatic heterocycles. The highest BCUT2D eigenvalue weighted by Crippen LogP contribution is 2.32. The number of likely N-dealkylation sites (tertiary alicyclic amines) is 1. The third-order valence-electron chi connectivity index (χ3n) is 5.67. The maximum Gasteiger partial charge on any atom is 0.318 e. The predicted octanol–water partition coefficient (Wildman–Crippen LogP) is 3.42. The van der Waals surface area contributed by atoms with Gasteiger partial charge < -0.3 is 14.8 Å². The van der Waals surface area contributed by atoms with Gasteiger partial charge in [-0.1, -0.05) is 12.8 Å². The molecule has 2 aliphatic rings. The van der Waals surface area contributed by atoms with E-state index in [1.54, 1.807) is 0 Å².